The summed E-state index contributed by atoms with van der Waals surface area (Å²) in [5.41, 5.74) is 13.8. The Morgan fingerprint density at radius 1 is 1.12 bits per heavy atom. The van der Waals surface area contributed by atoms with Crippen LogP contribution in [0.25, 0.3) is 11.2 Å². The molecule has 42 heavy (non-hydrogen) atoms. The molecular formula is C27H36N10O5. The number of hydrogen-bond donors (Lipinski definition) is 5. The highest BCUT2D eigenvalue weighted by atomic mass is 16.6. The molecule has 0 unspecified atom stereocenters. The van der Waals surface area contributed by atoms with Crippen LogP contribution in [0.15, 0.2) is 35.5 Å². The van der Waals surface area contributed by atoms with E-state index in [1.54, 1.807) is 30.5 Å². The fraction of sp³-hybridized carbons (Fsp3) is 0.407. The van der Waals surface area contributed by atoms with Gasteiger partial charge in [0.15, 0.2) is 17.0 Å². The maximum Gasteiger partial charge on any atom is 0.326 e. The first-order valence-electron chi connectivity index (χ1n) is 13.5. The number of nitrogen functional groups attached to an aromatic ring is 2. The average molecular weight is 581 g/mol. The van der Waals surface area contributed by atoms with Gasteiger partial charge in [-0.25, -0.2) is 19.8 Å². The molecule has 0 aliphatic carbocycles. The van der Waals surface area contributed by atoms with E-state index >= 15 is 0 Å². The first-order chi connectivity index (χ1) is 20.1. The van der Waals surface area contributed by atoms with Crippen LogP contribution in [0.1, 0.15) is 55.6 Å². The largest absolute Gasteiger partial charge is 0.480 e. The molecule has 2 aromatic heterocycles. The number of amides is 1. The van der Waals surface area contributed by atoms with Crippen LogP contribution in [0.2, 0.25) is 0 Å². The number of aromatic nitrogens is 4. The summed E-state index contributed by atoms with van der Waals surface area (Å²) in [6.45, 7) is 5.25. The van der Waals surface area contributed by atoms with Gasteiger partial charge in [-0.15, -0.1) is 0 Å². The Labute approximate surface area is 242 Å². The molecule has 3 rings (SSSR count). The van der Waals surface area contributed by atoms with E-state index < -0.39 is 23.9 Å². The summed E-state index contributed by atoms with van der Waals surface area (Å²) in [6.07, 6.45) is 2.98. The van der Waals surface area contributed by atoms with Crippen LogP contribution < -0.4 is 27.0 Å². The monoisotopic (exact) mass is 580 g/mol. The summed E-state index contributed by atoms with van der Waals surface area (Å²) >= 11 is 0. The fourth-order valence-electron chi connectivity index (χ4n) is 3.79. The van der Waals surface area contributed by atoms with Crippen LogP contribution in [0.4, 0.5) is 17.5 Å². The number of ether oxygens (including phenoxy) is 1. The number of carbonyl (C=O) groups excluding carboxylic acids is 2. The molecule has 7 N–H and O–H groups in total. The number of nitrogens with two attached hydrogens (primary N) is 2. The van der Waals surface area contributed by atoms with E-state index in [9.17, 15) is 19.5 Å². The lowest BCUT2D eigenvalue weighted by Gasteiger charge is -2.19. The molecule has 0 radical (unpaired) electrons. The molecule has 15 nitrogen and oxygen atoms in total. The Kier molecular flexibility index (Phi) is 11.3. The second-order valence-corrected chi connectivity index (χ2v) is 9.35. The highest BCUT2D eigenvalue weighted by Gasteiger charge is 2.23. The maximum atomic E-state index is 12.8. The minimum atomic E-state index is -1.29. The quantitative estimate of drug-likeness (QED) is 0.0837. The fourth-order valence-corrected chi connectivity index (χ4v) is 3.79. The van der Waals surface area contributed by atoms with Crippen molar-refractivity contribution in [3.63, 3.8) is 0 Å². The Morgan fingerprint density at radius 3 is 2.52 bits per heavy atom. The number of aliphatic carboxylic acids is 1. The Balaban J connectivity index is 1.57. The zero-order chi connectivity index (χ0) is 30.6. The van der Waals surface area contributed by atoms with Gasteiger partial charge in [0.1, 0.15) is 6.04 Å². The number of fused-ring (bicyclic) bond motifs is 1. The number of nitrogens with one attached hydrogen (secondary N) is 2. The number of esters is 1. The van der Waals surface area contributed by atoms with E-state index in [2.05, 4.69) is 35.6 Å². The van der Waals surface area contributed by atoms with Gasteiger partial charge in [-0.05, 0) is 44.0 Å². The van der Waals surface area contributed by atoms with Gasteiger partial charge in [0.25, 0.3) is 11.9 Å². The van der Waals surface area contributed by atoms with Crippen molar-refractivity contribution >= 4 is 52.5 Å². The third-order valence-corrected chi connectivity index (χ3v) is 6.02. The van der Waals surface area contributed by atoms with Gasteiger partial charge in [-0.2, -0.15) is 9.97 Å². The van der Waals surface area contributed by atoms with Crippen molar-refractivity contribution in [1.82, 2.24) is 30.6 Å². The Bertz CT molecular complexity index is 1430. The number of carboxylic acids is 1. The minimum Gasteiger partial charge on any atom is -0.480 e. The SMILES string of the molecule is CCCC/N=C(\NCC)OC(=O)CC[C@H](NC(=O)c1ccc(N(C)Cc2cnc3nc(N)nc(N)c3n2)cc1)C(=O)O. The van der Waals surface area contributed by atoms with E-state index in [4.69, 9.17) is 16.2 Å². The number of aliphatic imine (C=N–C) groups is 1. The predicted molar refractivity (Wildman–Crippen MR) is 158 cm³/mol. The highest BCUT2D eigenvalue weighted by molar-refractivity contribution is 5.97. The van der Waals surface area contributed by atoms with Crippen LogP contribution in [-0.4, -0.2) is 75.1 Å². The predicted octanol–water partition coefficient (Wildman–Crippen LogP) is 1.49. The highest BCUT2D eigenvalue weighted by Crippen LogP contribution is 2.19. The van der Waals surface area contributed by atoms with Gasteiger partial charge in [-0.3, -0.25) is 9.59 Å². The number of rotatable bonds is 13. The Morgan fingerprint density at radius 2 is 1.86 bits per heavy atom. The molecule has 1 atom stereocenters. The molecule has 0 saturated heterocycles. The lowest BCUT2D eigenvalue weighted by atomic mass is 10.1. The third-order valence-electron chi connectivity index (χ3n) is 6.02. The van der Waals surface area contributed by atoms with Crippen molar-refractivity contribution in [2.45, 2.75) is 52.1 Å². The lowest BCUT2D eigenvalue weighted by molar-refractivity contribution is -0.140. The van der Waals surface area contributed by atoms with Crippen LogP contribution in [0.5, 0.6) is 0 Å². The van der Waals surface area contributed by atoms with Crippen molar-refractivity contribution < 1.29 is 24.2 Å². The number of nitrogens with zero attached hydrogens (tertiary/aromatic N) is 6. The number of unbranched alkanes of at least 4 members (excludes halogenated alkanes) is 1. The summed E-state index contributed by atoms with van der Waals surface area (Å²) < 4.78 is 5.23. The van der Waals surface area contributed by atoms with Gasteiger partial charge in [0.05, 0.1) is 18.4 Å². The number of benzene rings is 1. The minimum absolute atomic E-state index is 0.0159. The zero-order valence-corrected chi connectivity index (χ0v) is 23.8. The second-order valence-electron chi connectivity index (χ2n) is 9.35. The molecule has 3 aromatic rings. The van der Waals surface area contributed by atoms with Gasteiger partial charge < -0.3 is 36.8 Å². The molecule has 0 aliphatic heterocycles. The molecule has 0 bridgehead atoms. The van der Waals surface area contributed by atoms with Crippen molar-refractivity contribution in [2.75, 3.05) is 36.5 Å². The van der Waals surface area contributed by atoms with E-state index in [1.165, 1.54) is 0 Å². The van der Waals surface area contributed by atoms with E-state index in [-0.39, 0.29) is 36.2 Å². The maximum absolute atomic E-state index is 12.8. The van der Waals surface area contributed by atoms with E-state index in [0.29, 0.717) is 36.5 Å². The summed E-state index contributed by atoms with van der Waals surface area (Å²) in [5, 5.41) is 14.9. The normalized spacial score (nSPS) is 12.0. The average Bonchev–Trinajstić information content (AvgIpc) is 2.95. The standard InChI is InChI=1S/C27H36N10O5/c1-4-6-13-31-27(30-5-2)42-20(38)12-11-19(25(40)41)34-24(39)16-7-9-18(10-8-16)37(3)15-17-14-32-23-21(33-17)22(28)35-26(29)36-23/h7-10,14,19H,4-6,11-13,15H2,1-3H3,(H,30,31)(H,34,39)(H,40,41)(H4,28,29,32,35,36)/t19-/m0/s1. The molecule has 2 heterocycles. The number of hydrogen-bond acceptors (Lipinski definition) is 12. The molecule has 0 fully saturated rings. The van der Waals surface area contributed by atoms with Crippen LogP contribution >= 0.6 is 0 Å². The second kappa shape index (κ2) is 15.1. The Hall–Kier alpha value is -5.08. The van der Waals surface area contributed by atoms with E-state index in [0.717, 1.165) is 18.5 Å². The van der Waals surface area contributed by atoms with Gasteiger partial charge in [-0.1, -0.05) is 13.3 Å². The molecule has 0 saturated carbocycles. The summed E-state index contributed by atoms with van der Waals surface area (Å²) in [5.74, 6) is -2.34. The molecule has 0 aliphatic rings. The van der Waals surface area contributed by atoms with Crippen molar-refractivity contribution in [3.8, 4) is 0 Å². The first-order valence-corrected chi connectivity index (χ1v) is 13.5. The van der Waals surface area contributed by atoms with Crippen molar-refractivity contribution in [1.29, 1.82) is 0 Å². The summed E-state index contributed by atoms with van der Waals surface area (Å²) in [4.78, 5) is 59.6. The van der Waals surface area contributed by atoms with Crippen molar-refractivity contribution in [3.05, 3.63) is 41.7 Å². The number of carbonyl (C=O) groups is 3. The van der Waals surface area contributed by atoms with Crippen LogP contribution in [-0.2, 0) is 20.9 Å². The summed E-state index contributed by atoms with van der Waals surface area (Å²) in [6, 6.07) is 5.40. The van der Waals surface area contributed by atoms with Crippen LogP contribution in [0, 0.1) is 0 Å². The molecule has 1 amide bonds. The van der Waals surface area contributed by atoms with Crippen LogP contribution in [0.3, 0.4) is 0 Å². The lowest BCUT2D eigenvalue weighted by Crippen LogP contribution is -2.41. The first kappa shape index (κ1) is 31.4. The smallest absolute Gasteiger partial charge is 0.326 e. The molecule has 224 valence electrons. The molecule has 0 spiro atoms. The van der Waals surface area contributed by atoms with Gasteiger partial charge in [0, 0.05) is 37.8 Å². The number of amidine groups is 1. The van der Waals surface area contributed by atoms with Crippen molar-refractivity contribution in [2.24, 2.45) is 4.99 Å². The van der Waals surface area contributed by atoms with Gasteiger partial charge in [0.2, 0.25) is 5.95 Å². The topological polar surface area (TPSA) is 224 Å². The number of anilines is 3. The van der Waals surface area contributed by atoms with E-state index in [1.807, 2.05) is 25.8 Å². The zero-order valence-electron chi connectivity index (χ0n) is 23.8. The molecule has 15 heteroatoms. The number of carboxylic acid groups (broad SMARTS) is 1. The summed E-state index contributed by atoms with van der Waals surface area (Å²) in [7, 11) is 1.83. The molecular weight excluding hydrogens is 544 g/mol. The van der Waals surface area contributed by atoms with Gasteiger partial charge >= 0.3 is 11.9 Å². The molecule has 1 aromatic carbocycles. The third kappa shape index (κ3) is 8.97.